The van der Waals surface area contributed by atoms with Gasteiger partial charge in [-0.25, -0.2) is 9.97 Å². The van der Waals surface area contributed by atoms with Crippen molar-refractivity contribution in [2.75, 3.05) is 5.73 Å². The number of benzene rings is 3. The molecule has 1 aromatic heterocycles. The van der Waals surface area contributed by atoms with Crippen molar-refractivity contribution in [3.05, 3.63) is 102 Å². The average Bonchev–Trinajstić information content (AvgIpc) is 2.80. The van der Waals surface area contributed by atoms with Gasteiger partial charge in [-0.1, -0.05) is 80.1 Å². The maximum atomic E-state index is 6.21. The van der Waals surface area contributed by atoms with Crippen LogP contribution in [0, 0.1) is 6.92 Å². The SMILES string of the molecule is CCC/C=C(/c1ccc(COc2cccc3ccccc23)cc1)c1c(C)ncnc1N. The maximum absolute atomic E-state index is 6.21. The lowest BCUT2D eigenvalue weighted by atomic mass is 9.95. The average molecular weight is 410 g/mol. The third-order valence-electron chi connectivity index (χ3n) is 5.38. The van der Waals surface area contributed by atoms with Gasteiger partial charge in [0.2, 0.25) is 0 Å². The molecule has 4 heteroatoms. The number of ether oxygens (including phenoxy) is 1. The van der Waals surface area contributed by atoms with E-state index in [1.807, 2.05) is 31.2 Å². The highest BCUT2D eigenvalue weighted by Gasteiger charge is 2.13. The Morgan fingerprint density at radius 1 is 0.968 bits per heavy atom. The minimum atomic E-state index is 0.512. The van der Waals surface area contributed by atoms with Crippen molar-refractivity contribution in [2.24, 2.45) is 0 Å². The number of nitrogens with two attached hydrogens (primary N) is 1. The summed E-state index contributed by atoms with van der Waals surface area (Å²) in [6.07, 6.45) is 5.77. The third-order valence-corrected chi connectivity index (χ3v) is 5.38. The monoisotopic (exact) mass is 409 g/mol. The number of aryl methyl sites for hydroxylation is 1. The Bertz CT molecular complexity index is 1190. The molecule has 4 rings (SSSR count). The quantitative estimate of drug-likeness (QED) is 0.387. The van der Waals surface area contributed by atoms with Crippen molar-refractivity contribution in [3.8, 4) is 5.75 Å². The Labute approximate surface area is 183 Å². The van der Waals surface area contributed by atoms with E-state index in [1.165, 1.54) is 11.7 Å². The zero-order valence-electron chi connectivity index (χ0n) is 18.0. The summed E-state index contributed by atoms with van der Waals surface area (Å²) in [6, 6.07) is 22.9. The molecule has 0 spiro atoms. The van der Waals surface area contributed by atoms with Crippen LogP contribution in [0.3, 0.4) is 0 Å². The van der Waals surface area contributed by atoms with Gasteiger partial charge < -0.3 is 10.5 Å². The molecule has 4 nitrogen and oxygen atoms in total. The Hall–Kier alpha value is -3.66. The minimum absolute atomic E-state index is 0.512. The van der Waals surface area contributed by atoms with Crippen LogP contribution in [0.5, 0.6) is 5.75 Å². The lowest BCUT2D eigenvalue weighted by Gasteiger charge is -2.14. The summed E-state index contributed by atoms with van der Waals surface area (Å²) in [6.45, 7) is 4.65. The van der Waals surface area contributed by atoms with E-state index in [4.69, 9.17) is 10.5 Å². The molecule has 0 unspecified atom stereocenters. The highest BCUT2D eigenvalue weighted by atomic mass is 16.5. The molecule has 1 heterocycles. The molecule has 0 aliphatic rings. The molecule has 0 amide bonds. The van der Waals surface area contributed by atoms with Crippen LogP contribution in [-0.2, 0) is 6.61 Å². The number of hydrogen-bond donors (Lipinski definition) is 1. The van der Waals surface area contributed by atoms with Crippen molar-refractivity contribution < 1.29 is 4.74 Å². The second-order valence-corrected chi connectivity index (χ2v) is 7.59. The summed E-state index contributed by atoms with van der Waals surface area (Å²) in [5, 5.41) is 2.31. The second-order valence-electron chi connectivity index (χ2n) is 7.59. The molecule has 0 atom stereocenters. The molecule has 4 aromatic rings. The number of nitrogen functional groups attached to an aromatic ring is 1. The number of anilines is 1. The molecule has 3 aromatic carbocycles. The first kappa shape index (κ1) is 20.6. The van der Waals surface area contributed by atoms with Crippen molar-refractivity contribution in [1.29, 1.82) is 0 Å². The Morgan fingerprint density at radius 2 is 1.74 bits per heavy atom. The van der Waals surface area contributed by atoms with Gasteiger partial charge in [-0.2, -0.15) is 0 Å². The fourth-order valence-electron chi connectivity index (χ4n) is 3.74. The minimum Gasteiger partial charge on any atom is -0.488 e. The van der Waals surface area contributed by atoms with Gasteiger partial charge in [0.15, 0.2) is 0 Å². The molecule has 0 saturated heterocycles. The third kappa shape index (κ3) is 4.58. The summed E-state index contributed by atoms with van der Waals surface area (Å²) in [4.78, 5) is 8.55. The van der Waals surface area contributed by atoms with Crippen LogP contribution in [-0.4, -0.2) is 9.97 Å². The number of aromatic nitrogens is 2. The number of rotatable bonds is 7. The van der Waals surface area contributed by atoms with Crippen molar-refractivity contribution in [2.45, 2.75) is 33.3 Å². The van der Waals surface area contributed by atoms with E-state index in [0.717, 1.165) is 51.9 Å². The fourth-order valence-corrected chi connectivity index (χ4v) is 3.74. The molecule has 0 fully saturated rings. The van der Waals surface area contributed by atoms with E-state index < -0.39 is 0 Å². The topological polar surface area (TPSA) is 61.0 Å². The first-order chi connectivity index (χ1) is 15.2. The van der Waals surface area contributed by atoms with E-state index in [-0.39, 0.29) is 0 Å². The van der Waals surface area contributed by atoms with Crippen LogP contribution < -0.4 is 10.5 Å². The molecule has 31 heavy (non-hydrogen) atoms. The fraction of sp³-hybridized carbons (Fsp3) is 0.185. The predicted octanol–water partition coefficient (Wildman–Crippen LogP) is 6.33. The van der Waals surface area contributed by atoms with Gasteiger partial charge in [-0.3, -0.25) is 0 Å². The second kappa shape index (κ2) is 9.43. The first-order valence-corrected chi connectivity index (χ1v) is 10.6. The van der Waals surface area contributed by atoms with Crippen LogP contribution >= 0.6 is 0 Å². The summed E-state index contributed by atoms with van der Waals surface area (Å²) in [5.74, 6) is 1.41. The first-order valence-electron chi connectivity index (χ1n) is 10.6. The smallest absolute Gasteiger partial charge is 0.134 e. The maximum Gasteiger partial charge on any atom is 0.134 e. The molecule has 2 N–H and O–H groups in total. The summed E-state index contributed by atoms with van der Waals surface area (Å²) >= 11 is 0. The zero-order chi connectivity index (χ0) is 21.6. The summed E-state index contributed by atoms with van der Waals surface area (Å²) in [5.41, 5.74) is 11.3. The van der Waals surface area contributed by atoms with Gasteiger partial charge in [0.05, 0.1) is 5.69 Å². The lowest BCUT2D eigenvalue weighted by Crippen LogP contribution is -2.03. The van der Waals surface area contributed by atoms with Crippen LogP contribution in [0.1, 0.15) is 42.1 Å². The van der Waals surface area contributed by atoms with Crippen molar-refractivity contribution in [1.82, 2.24) is 9.97 Å². The highest BCUT2D eigenvalue weighted by Crippen LogP contribution is 2.30. The van der Waals surface area contributed by atoms with Crippen molar-refractivity contribution >= 4 is 22.2 Å². The van der Waals surface area contributed by atoms with Crippen LogP contribution in [0.4, 0.5) is 5.82 Å². The molecule has 0 aliphatic heterocycles. The Kier molecular flexibility index (Phi) is 6.27. The molecule has 0 bridgehead atoms. The van der Waals surface area contributed by atoms with Crippen molar-refractivity contribution in [3.63, 3.8) is 0 Å². The number of unbranched alkanes of at least 4 members (excludes halogenated alkanes) is 1. The molecule has 156 valence electrons. The largest absolute Gasteiger partial charge is 0.488 e. The number of nitrogens with zero attached hydrogens (tertiary/aromatic N) is 2. The van der Waals surface area contributed by atoms with E-state index in [0.29, 0.717) is 12.4 Å². The van der Waals surface area contributed by atoms with Gasteiger partial charge in [0, 0.05) is 10.9 Å². The molecular formula is C27H27N3O. The van der Waals surface area contributed by atoms with Gasteiger partial charge in [-0.15, -0.1) is 0 Å². The van der Waals surface area contributed by atoms with Crippen LogP contribution in [0.2, 0.25) is 0 Å². The number of allylic oxidation sites excluding steroid dienone is 1. The molecule has 0 aliphatic carbocycles. The van der Waals surface area contributed by atoms with Gasteiger partial charge >= 0.3 is 0 Å². The highest BCUT2D eigenvalue weighted by molar-refractivity contribution is 5.88. The normalized spacial score (nSPS) is 11.6. The molecule has 0 saturated carbocycles. The van der Waals surface area contributed by atoms with E-state index in [9.17, 15) is 0 Å². The number of fused-ring (bicyclic) bond motifs is 1. The zero-order valence-corrected chi connectivity index (χ0v) is 18.0. The Balaban J connectivity index is 1.57. The molecular weight excluding hydrogens is 382 g/mol. The summed E-state index contributed by atoms with van der Waals surface area (Å²) in [7, 11) is 0. The van der Waals surface area contributed by atoms with E-state index in [1.54, 1.807) is 0 Å². The van der Waals surface area contributed by atoms with E-state index >= 15 is 0 Å². The van der Waals surface area contributed by atoms with Gasteiger partial charge in [-0.05, 0) is 41.5 Å². The van der Waals surface area contributed by atoms with Gasteiger partial charge in [0.1, 0.15) is 24.5 Å². The van der Waals surface area contributed by atoms with Crippen LogP contribution in [0.15, 0.2) is 79.1 Å². The standard InChI is InChI=1S/C27H27N3O/c1-3-4-10-24(26-19(2)29-18-30-27(26)28)22-15-13-20(14-16-22)17-31-25-12-7-9-21-8-5-6-11-23(21)25/h5-16,18H,3-4,17H2,1-2H3,(H2,28,29,30)/b24-10-. The van der Waals surface area contributed by atoms with Crippen LogP contribution in [0.25, 0.3) is 16.3 Å². The molecule has 0 radical (unpaired) electrons. The summed E-state index contributed by atoms with van der Waals surface area (Å²) < 4.78 is 6.14. The lowest BCUT2D eigenvalue weighted by molar-refractivity contribution is 0.310. The Morgan fingerprint density at radius 3 is 2.52 bits per heavy atom. The predicted molar refractivity (Wildman–Crippen MR) is 128 cm³/mol. The van der Waals surface area contributed by atoms with E-state index in [2.05, 4.69) is 65.4 Å². The number of hydrogen-bond acceptors (Lipinski definition) is 4. The van der Waals surface area contributed by atoms with Gasteiger partial charge in [0.25, 0.3) is 0 Å².